The molecule has 0 radical (unpaired) electrons. The molecular formula is C21H27N5O3S. The van der Waals surface area contributed by atoms with Gasteiger partial charge in [0.2, 0.25) is 0 Å². The van der Waals surface area contributed by atoms with Crippen LogP contribution in [-0.4, -0.2) is 72.1 Å². The van der Waals surface area contributed by atoms with Crippen molar-refractivity contribution < 1.29 is 14.3 Å². The standard InChI is InChI=1S/C21H27N5O3S/c1-15-5-6-17(28-3)18-19(15)30-21(23-18)26(20(27)16-7-8-22-24(16)2)10-4-9-25-11-13-29-14-12-25/h5-8H,4,9-14H2,1-3H3. The van der Waals surface area contributed by atoms with E-state index in [2.05, 4.69) is 16.9 Å². The Balaban J connectivity index is 1.62. The fourth-order valence-electron chi connectivity index (χ4n) is 3.66. The number of amides is 1. The van der Waals surface area contributed by atoms with E-state index < -0.39 is 0 Å². The molecule has 9 heteroatoms. The van der Waals surface area contributed by atoms with Crippen LogP contribution in [0.4, 0.5) is 5.13 Å². The molecule has 8 nitrogen and oxygen atoms in total. The summed E-state index contributed by atoms with van der Waals surface area (Å²) in [6.45, 7) is 6.98. The Morgan fingerprint density at radius 3 is 2.80 bits per heavy atom. The van der Waals surface area contributed by atoms with Gasteiger partial charge in [0.15, 0.2) is 5.13 Å². The van der Waals surface area contributed by atoms with Crippen molar-refractivity contribution >= 4 is 32.6 Å². The highest BCUT2D eigenvalue weighted by atomic mass is 32.1. The molecule has 1 fully saturated rings. The minimum Gasteiger partial charge on any atom is -0.494 e. The predicted molar refractivity (Wildman–Crippen MR) is 118 cm³/mol. The summed E-state index contributed by atoms with van der Waals surface area (Å²) in [5, 5.41) is 4.85. The maximum Gasteiger partial charge on any atom is 0.278 e. The summed E-state index contributed by atoms with van der Waals surface area (Å²) in [6, 6.07) is 5.69. The Bertz CT molecular complexity index is 1020. The summed E-state index contributed by atoms with van der Waals surface area (Å²) in [4.78, 5) is 22.4. The largest absolute Gasteiger partial charge is 0.494 e. The lowest BCUT2D eigenvalue weighted by molar-refractivity contribution is 0.0376. The molecule has 30 heavy (non-hydrogen) atoms. The minimum absolute atomic E-state index is 0.0901. The number of thiazole rings is 1. The van der Waals surface area contributed by atoms with Crippen LogP contribution in [-0.2, 0) is 11.8 Å². The Labute approximate surface area is 180 Å². The number of methoxy groups -OCH3 is 1. The van der Waals surface area contributed by atoms with Gasteiger partial charge >= 0.3 is 0 Å². The monoisotopic (exact) mass is 429 g/mol. The van der Waals surface area contributed by atoms with E-state index in [0.717, 1.165) is 60.8 Å². The second-order valence-electron chi connectivity index (χ2n) is 7.36. The third-order valence-corrected chi connectivity index (χ3v) is 6.60. The van der Waals surface area contributed by atoms with E-state index in [1.165, 1.54) is 11.3 Å². The first-order valence-corrected chi connectivity index (χ1v) is 10.9. The lowest BCUT2D eigenvalue weighted by atomic mass is 10.2. The molecule has 4 rings (SSSR count). The molecule has 0 unspecified atom stereocenters. The molecule has 0 N–H and O–H groups in total. The van der Waals surface area contributed by atoms with Crippen molar-refractivity contribution in [3.8, 4) is 5.75 Å². The molecule has 1 aromatic carbocycles. The Morgan fingerprint density at radius 1 is 1.30 bits per heavy atom. The van der Waals surface area contributed by atoms with Gasteiger partial charge in [0.05, 0.1) is 25.0 Å². The van der Waals surface area contributed by atoms with Crippen molar-refractivity contribution in [2.45, 2.75) is 13.3 Å². The lowest BCUT2D eigenvalue weighted by Gasteiger charge is -2.27. The number of morpholine rings is 1. The van der Waals surface area contributed by atoms with Crippen LogP contribution in [0.3, 0.4) is 0 Å². The Morgan fingerprint density at radius 2 is 2.10 bits per heavy atom. The number of anilines is 1. The Hall–Kier alpha value is -2.49. The molecule has 160 valence electrons. The van der Waals surface area contributed by atoms with Crippen LogP contribution < -0.4 is 9.64 Å². The highest BCUT2D eigenvalue weighted by Crippen LogP contribution is 2.36. The summed E-state index contributed by atoms with van der Waals surface area (Å²) >= 11 is 1.53. The van der Waals surface area contributed by atoms with Gasteiger partial charge in [-0.15, -0.1) is 0 Å². The van der Waals surface area contributed by atoms with Gasteiger partial charge < -0.3 is 9.47 Å². The fourth-order valence-corrected chi connectivity index (χ4v) is 4.74. The molecule has 1 aliphatic rings. The number of aromatic nitrogens is 3. The van der Waals surface area contributed by atoms with Crippen molar-refractivity contribution in [2.75, 3.05) is 51.4 Å². The maximum absolute atomic E-state index is 13.4. The van der Waals surface area contributed by atoms with Gasteiger partial charge in [-0.1, -0.05) is 17.4 Å². The van der Waals surface area contributed by atoms with Crippen LogP contribution in [0, 0.1) is 6.92 Å². The second-order valence-corrected chi connectivity index (χ2v) is 8.34. The molecule has 3 aromatic rings. The number of hydrogen-bond donors (Lipinski definition) is 0. The van der Waals surface area contributed by atoms with Crippen molar-refractivity contribution in [1.29, 1.82) is 0 Å². The Kier molecular flexibility index (Phi) is 6.31. The molecule has 0 spiro atoms. The number of aryl methyl sites for hydroxylation is 2. The zero-order valence-electron chi connectivity index (χ0n) is 17.6. The minimum atomic E-state index is -0.0901. The van der Waals surface area contributed by atoms with E-state index in [4.69, 9.17) is 14.5 Å². The first-order chi connectivity index (χ1) is 14.6. The highest BCUT2D eigenvalue weighted by Gasteiger charge is 2.25. The van der Waals surface area contributed by atoms with Gasteiger partial charge in [-0.25, -0.2) is 4.98 Å². The van der Waals surface area contributed by atoms with E-state index in [-0.39, 0.29) is 5.91 Å². The first kappa shape index (κ1) is 20.8. The lowest BCUT2D eigenvalue weighted by Crippen LogP contribution is -2.39. The summed E-state index contributed by atoms with van der Waals surface area (Å²) in [7, 11) is 3.43. The second kappa shape index (κ2) is 9.11. The van der Waals surface area contributed by atoms with Crippen molar-refractivity contribution in [3.63, 3.8) is 0 Å². The summed E-state index contributed by atoms with van der Waals surface area (Å²) < 4.78 is 13.6. The average Bonchev–Trinajstić information content (AvgIpc) is 3.39. The van der Waals surface area contributed by atoms with Gasteiger partial charge in [-0.2, -0.15) is 5.10 Å². The molecule has 0 bridgehead atoms. The van der Waals surface area contributed by atoms with Gasteiger partial charge in [0.1, 0.15) is 17.0 Å². The van der Waals surface area contributed by atoms with Crippen molar-refractivity contribution in [1.82, 2.24) is 19.7 Å². The zero-order chi connectivity index (χ0) is 21.1. The third-order valence-electron chi connectivity index (χ3n) is 5.39. The number of hydrogen-bond acceptors (Lipinski definition) is 7. The van der Waals surface area contributed by atoms with Crippen LogP contribution >= 0.6 is 11.3 Å². The number of fused-ring (bicyclic) bond motifs is 1. The van der Waals surface area contributed by atoms with Gasteiger partial charge in [-0.3, -0.25) is 19.3 Å². The summed E-state index contributed by atoms with van der Waals surface area (Å²) in [6.07, 6.45) is 2.50. The summed E-state index contributed by atoms with van der Waals surface area (Å²) in [5.74, 6) is 0.631. The van der Waals surface area contributed by atoms with Gasteiger partial charge in [0, 0.05) is 39.4 Å². The quantitative estimate of drug-likeness (QED) is 0.575. The normalized spacial score (nSPS) is 14.9. The molecule has 0 aliphatic carbocycles. The number of nitrogens with zero attached hydrogens (tertiary/aromatic N) is 5. The van der Waals surface area contributed by atoms with Gasteiger partial charge in [-0.05, 0) is 31.0 Å². The van der Waals surface area contributed by atoms with E-state index >= 15 is 0 Å². The van der Waals surface area contributed by atoms with Gasteiger partial charge in [0.25, 0.3) is 5.91 Å². The van der Waals surface area contributed by atoms with E-state index in [1.54, 1.807) is 36.0 Å². The molecule has 1 saturated heterocycles. The SMILES string of the molecule is COc1ccc(C)c2sc(N(CCCN3CCOCC3)C(=O)c3ccnn3C)nc12. The first-order valence-electron chi connectivity index (χ1n) is 10.1. The van der Waals surface area contributed by atoms with Crippen LogP contribution in [0.1, 0.15) is 22.5 Å². The average molecular weight is 430 g/mol. The number of carbonyl (C=O) groups is 1. The van der Waals surface area contributed by atoms with E-state index in [0.29, 0.717) is 17.4 Å². The topological polar surface area (TPSA) is 72.7 Å². The van der Waals surface area contributed by atoms with Crippen molar-refractivity contribution in [2.24, 2.45) is 7.05 Å². The molecule has 1 amide bonds. The highest BCUT2D eigenvalue weighted by molar-refractivity contribution is 7.22. The number of ether oxygens (including phenoxy) is 2. The van der Waals surface area contributed by atoms with E-state index in [9.17, 15) is 4.79 Å². The maximum atomic E-state index is 13.4. The van der Waals surface area contributed by atoms with Crippen LogP contribution in [0.15, 0.2) is 24.4 Å². The number of carbonyl (C=O) groups excluding carboxylic acids is 1. The number of benzene rings is 1. The van der Waals surface area contributed by atoms with Crippen LogP contribution in [0.5, 0.6) is 5.75 Å². The molecule has 1 aliphatic heterocycles. The smallest absolute Gasteiger partial charge is 0.278 e. The molecular weight excluding hydrogens is 402 g/mol. The number of rotatable bonds is 7. The van der Waals surface area contributed by atoms with Crippen LogP contribution in [0.25, 0.3) is 10.2 Å². The summed E-state index contributed by atoms with van der Waals surface area (Å²) in [5.41, 5.74) is 2.47. The van der Waals surface area contributed by atoms with E-state index in [1.807, 2.05) is 12.1 Å². The predicted octanol–water partition coefficient (Wildman–Crippen LogP) is 2.72. The third kappa shape index (κ3) is 4.19. The zero-order valence-corrected chi connectivity index (χ0v) is 18.4. The molecule has 0 saturated carbocycles. The van der Waals surface area contributed by atoms with Crippen LogP contribution in [0.2, 0.25) is 0 Å². The molecule has 3 heterocycles. The molecule has 0 atom stereocenters. The molecule has 2 aromatic heterocycles. The van der Waals surface area contributed by atoms with Crippen molar-refractivity contribution in [3.05, 3.63) is 35.7 Å². The fraction of sp³-hybridized carbons (Fsp3) is 0.476.